The van der Waals surface area contributed by atoms with Crippen molar-refractivity contribution in [2.24, 2.45) is 5.92 Å². The van der Waals surface area contributed by atoms with Gasteiger partial charge in [-0.25, -0.2) is 0 Å². The Labute approximate surface area is 158 Å². The van der Waals surface area contributed by atoms with Crippen molar-refractivity contribution in [2.75, 3.05) is 33.4 Å². The Morgan fingerprint density at radius 3 is 2.93 bits per heavy atom. The minimum atomic E-state index is -0.223. The summed E-state index contributed by atoms with van der Waals surface area (Å²) in [5.74, 6) is 1.30. The molecule has 2 aliphatic rings. The quantitative estimate of drug-likeness (QED) is 0.838. The predicted octanol–water partition coefficient (Wildman–Crippen LogP) is 2.09. The first-order chi connectivity index (χ1) is 13.2. The molecule has 0 aliphatic carbocycles. The van der Waals surface area contributed by atoms with Gasteiger partial charge in [-0.15, -0.1) is 0 Å². The van der Waals surface area contributed by atoms with Gasteiger partial charge in [0.1, 0.15) is 5.75 Å². The lowest BCUT2D eigenvalue weighted by Crippen LogP contribution is -2.64. The van der Waals surface area contributed by atoms with Gasteiger partial charge in [-0.3, -0.25) is 9.69 Å². The van der Waals surface area contributed by atoms with Crippen molar-refractivity contribution in [3.63, 3.8) is 0 Å². The van der Waals surface area contributed by atoms with E-state index in [1.807, 2.05) is 18.2 Å². The Morgan fingerprint density at radius 1 is 1.37 bits per heavy atom. The number of aromatic nitrogens is 1. The number of nitrogens with zero attached hydrogens (tertiary/aromatic N) is 2. The van der Waals surface area contributed by atoms with E-state index < -0.39 is 0 Å². The molecule has 0 saturated carbocycles. The number of amides is 1. The Kier molecular flexibility index (Phi) is 5.13. The van der Waals surface area contributed by atoms with Crippen molar-refractivity contribution >= 4 is 5.91 Å². The van der Waals surface area contributed by atoms with Gasteiger partial charge in [-0.1, -0.05) is 23.4 Å². The number of para-hydroxylation sites is 1. The molecule has 2 aliphatic heterocycles. The molecule has 144 valence electrons. The Morgan fingerprint density at radius 2 is 2.22 bits per heavy atom. The lowest BCUT2D eigenvalue weighted by Gasteiger charge is -2.53. The third kappa shape index (κ3) is 3.99. The van der Waals surface area contributed by atoms with Gasteiger partial charge in [0.25, 0.3) is 5.91 Å². The molecule has 0 radical (unpaired) electrons. The molecule has 1 unspecified atom stereocenters. The van der Waals surface area contributed by atoms with Gasteiger partial charge in [0.05, 0.1) is 25.5 Å². The summed E-state index contributed by atoms with van der Waals surface area (Å²) in [6.45, 7) is 4.05. The molecule has 1 aromatic heterocycles. The van der Waals surface area contributed by atoms with Crippen LogP contribution >= 0.6 is 0 Å². The molecule has 7 nitrogen and oxygen atoms in total. The second-order valence-electron chi connectivity index (χ2n) is 7.44. The first-order valence-corrected chi connectivity index (χ1v) is 9.34. The monoisotopic (exact) mass is 371 g/mol. The van der Waals surface area contributed by atoms with Crippen LogP contribution < -0.4 is 10.1 Å². The van der Waals surface area contributed by atoms with Gasteiger partial charge < -0.3 is 19.3 Å². The maximum atomic E-state index is 11.9. The maximum absolute atomic E-state index is 11.9. The van der Waals surface area contributed by atoms with Crippen LogP contribution in [0, 0.1) is 5.92 Å². The van der Waals surface area contributed by atoms with Crippen molar-refractivity contribution < 1.29 is 18.8 Å². The Balaban J connectivity index is 1.21. The van der Waals surface area contributed by atoms with Crippen molar-refractivity contribution in [1.82, 2.24) is 15.4 Å². The number of likely N-dealkylation sites (tertiary alicyclic amines) is 1. The van der Waals surface area contributed by atoms with Gasteiger partial charge in [0.15, 0.2) is 0 Å². The van der Waals surface area contributed by atoms with E-state index in [9.17, 15) is 4.79 Å². The summed E-state index contributed by atoms with van der Waals surface area (Å²) in [6.07, 6.45) is 3.55. The lowest BCUT2D eigenvalue weighted by atomic mass is 9.82. The molecule has 1 spiro atoms. The molecule has 2 fully saturated rings. The van der Waals surface area contributed by atoms with Crippen molar-refractivity contribution in [3.8, 4) is 5.75 Å². The molecule has 1 amide bonds. The summed E-state index contributed by atoms with van der Waals surface area (Å²) in [6, 6.07) is 9.71. The average molecular weight is 371 g/mol. The van der Waals surface area contributed by atoms with Gasteiger partial charge in [-0.2, -0.15) is 0 Å². The van der Waals surface area contributed by atoms with Crippen molar-refractivity contribution in [1.29, 1.82) is 0 Å². The van der Waals surface area contributed by atoms with Crippen LogP contribution in [0.5, 0.6) is 5.75 Å². The normalized spacial score (nSPS) is 21.6. The summed E-state index contributed by atoms with van der Waals surface area (Å²) >= 11 is 0. The van der Waals surface area contributed by atoms with E-state index in [4.69, 9.17) is 14.0 Å². The fourth-order valence-electron chi connectivity index (χ4n) is 3.94. The van der Waals surface area contributed by atoms with Crippen LogP contribution in [0.1, 0.15) is 29.0 Å². The zero-order chi connectivity index (χ0) is 18.7. The molecule has 4 rings (SSSR count). The number of methoxy groups -OCH3 is 1. The maximum Gasteiger partial charge on any atom is 0.289 e. The summed E-state index contributed by atoms with van der Waals surface area (Å²) in [5.41, 5.74) is 1.19. The number of ether oxygens (including phenoxy) is 2. The van der Waals surface area contributed by atoms with E-state index in [1.54, 1.807) is 13.2 Å². The fourth-order valence-corrected chi connectivity index (χ4v) is 3.94. The van der Waals surface area contributed by atoms with Crippen molar-refractivity contribution in [2.45, 2.75) is 25.0 Å². The molecular formula is C20H25N3O4. The highest BCUT2D eigenvalue weighted by Crippen LogP contribution is 2.37. The predicted molar refractivity (Wildman–Crippen MR) is 98.5 cm³/mol. The second kappa shape index (κ2) is 7.70. The first-order valence-electron chi connectivity index (χ1n) is 9.34. The molecule has 2 aromatic rings. The fraction of sp³-hybridized carbons (Fsp3) is 0.500. The Bertz CT molecular complexity index is 761. The Hall–Kier alpha value is -2.38. The van der Waals surface area contributed by atoms with Crippen LogP contribution in [-0.4, -0.2) is 54.9 Å². The van der Waals surface area contributed by atoms with Crippen LogP contribution in [0.3, 0.4) is 0 Å². The number of rotatable bonds is 6. The van der Waals surface area contributed by atoms with Gasteiger partial charge in [0.2, 0.25) is 5.76 Å². The number of hydrogen-bond donors (Lipinski definition) is 1. The third-order valence-corrected chi connectivity index (χ3v) is 5.46. The highest BCUT2D eigenvalue weighted by molar-refractivity contribution is 5.91. The molecule has 2 saturated heterocycles. The molecule has 1 atom stereocenters. The molecular weight excluding hydrogens is 346 g/mol. The summed E-state index contributed by atoms with van der Waals surface area (Å²) in [7, 11) is 1.71. The number of nitrogens with one attached hydrogen (secondary N) is 1. The summed E-state index contributed by atoms with van der Waals surface area (Å²) in [4.78, 5) is 14.3. The standard InChI is InChI=1S/C20H25N3O4/c1-25-17-5-3-2-4-16(17)11-23-13-20(14-23)8-6-15(12-26-20)10-21-19(24)18-7-9-22-27-18/h2-5,7,9,15H,6,8,10-14H2,1H3,(H,21,24). The van der Waals surface area contributed by atoms with Crippen LogP contribution in [0.25, 0.3) is 0 Å². The van der Waals surface area contributed by atoms with Crippen LogP contribution in [0.2, 0.25) is 0 Å². The zero-order valence-electron chi connectivity index (χ0n) is 15.5. The molecule has 1 N–H and O–H groups in total. The van der Waals surface area contributed by atoms with Gasteiger partial charge >= 0.3 is 0 Å². The molecule has 0 bridgehead atoms. The van der Waals surface area contributed by atoms with E-state index in [1.165, 1.54) is 11.8 Å². The van der Waals surface area contributed by atoms with Gasteiger partial charge in [0, 0.05) is 37.8 Å². The molecule has 1 aromatic carbocycles. The number of hydrogen-bond acceptors (Lipinski definition) is 6. The lowest BCUT2D eigenvalue weighted by molar-refractivity contribution is -0.181. The first kappa shape index (κ1) is 18.0. The number of benzene rings is 1. The SMILES string of the molecule is COc1ccccc1CN1CC2(CCC(CNC(=O)c3ccno3)CO2)C1. The highest BCUT2D eigenvalue weighted by atomic mass is 16.5. The van der Waals surface area contributed by atoms with E-state index in [2.05, 4.69) is 21.4 Å². The topological polar surface area (TPSA) is 76.8 Å². The van der Waals surface area contributed by atoms with E-state index in [0.29, 0.717) is 19.1 Å². The molecule has 27 heavy (non-hydrogen) atoms. The molecule has 7 heteroatoms. The zero-order valence-corrected chi connectivity index (χ0v) is 15.5. The van der Waals surface area contributed by atoms with Crippen LogP contribution in [-0.2, 0) is 11.3 Å². The van der Waals surface area contributed by atoms with Gasteiger partial charge in [-0.05, 0) is 24.8 Å². The minimum Gasteiger partial charge on any atom is -0.496 e. The smallest absolute Gasteiger partial charge is 0.289 e. The molecule has 3 heterocycles. The van der Waals surface area contributed by atoms with Crippen LogP contribution in [0.15, 0.2) is 41.1 Å². The van der Waals surface area contributed by atoms with E-state index in [-0.39, 0.29) is 17.3 Å². The summed E-state index contributed by atoms with van der Waals surface area (Å²) in [5, 5.41) is 6.45. The minimum absolute atomic E-state index is 0.0204. The average Bonchev–Trinajstić information content (AvgIpc) is 3.21. The largest absolute Gasteiger partial charge is 0.496 e. The third-order valence-electron chi connectivity index (χ3n) is 5.46. The summed E-state index contributed by atoms with van der Waals surface area (Å²) < 4.78 is 16.5. The highest BCUT2D eigenvalue weighted by Gasteiger charge is 2.46. The second-order valence-corrected chi connectivity index (χ2v) is 7.44. The van der Waals surface area contributed by atoms with Crippen LogP contribution in [0.4, 0.5) is 0 Å². The van der Waals surface area contributed by atoms with E-state index >= 15 is 0 Å². The van der Waals surface area contributed by atoms with E-state index in [0.717, 1.165) is 38.2 Å². The number of carbonyl (C=O) groups is 1. The number of carbonyl (C=O) groups excluding carboxylic acids is 1. The van der Waals surface area contributed by atoms with Crippen molar-refractivity contribution in [3.05, 3.63) is 47.9 Å².